The Kier molecular flexibility index (Phi) is 4.18. The van der Waals surface area contributed by atoms with Crippen LogP contribution < -0.4 is 5.73 Å². The Morgan fingerprint density at radius 2 is 2.14 bits per heavy atom. The van der Waals surface area contributed by atoms with E-state index in [-0.39, 0.29) is 6.04 Å². The third-order valence-electron chi connectivity index (χ3n) is 2.19. The lowest BCUT2D eigenvalue weighted by molar-refractivity contribution is 0.649. The molecule has 0 aliphatic rings. The lowest BCUT2D eigenvalue weighted by Crippen LogP contribution is -2.10. The number of rotatable bonds is 4. The second-order valence-electron chi connectivity index (χ2n) is 3.62. The normalized spacial score (nSPS) is 12.5. The van der Waals surface area contributed by atoms with Gasteiger partial charge in [0.2, 0.25) is 0 Å². The van der Waals surface area contributed by atoms with Crippen molar-refractivity contribution in [1.29, 1.82) is 0 Å². The maximum atomic E-state index is 6.03. The Bertz CT molecular complexity index is 320. The van der Waals surface area contributed by atoms with Gasteiger partial charge in [-0.2, -0.15) is 0 Å². The van der Waals surface area contributed by atoms with E-state index >= 15 is 0 Å². The third kappa shape index (κ3) is 3.17. The van der Waals surface area contributed by atoms with Crippen LogP contribution in [-0.4, -0.2) is 0 Å². The zero-order chi connectivity index (χ0) is 10.6. The van der Waals surface area contributed by atoms with E-state index in [1.54, 1.807) is 0 Å². The first-order chi connectivity index (χ1) is 6.61. The molecular weight excluding hydrogens is 194 g/mol. The first-order valence-corrected chi connectivity index (χ1v) is 5.13. The summed E-state index contributed by atoms with van der Waals surface area (Å²) in [4.78, 5) is 0. The zero-order valence-electron chi connectivity index (χ0n) is 8.46. The Morgan fingerprint density at radius 1 is 1.50 bits per heavy atom. The van der Waals surface area contributed by atoms with Crippen LogP contribution in [0.4, 0.5) is 0 Å². The van der Waals surface area contributed by atoms with Crippen LogP contribution in [0.2, 0.25) is 5.02 Å². The van der Waals surface area contributed by atoms with Crippen LogP contribution in [0.3, 0.4) is 0 Å². The number of halogens is 1. The van der Waals surface area contributed by atoms with Gasteiger partial charge < -0.3 is 5.73 Å². The van der Waals surface area contributed by atoms with Crippen molar-refractivity contribution in [3.05, 3.63) is 47.0 Å². The van der Waals surface area contributed by atoms with E-state index in [1.807, 2.05) is 31.2 Å². The molecule has 0 amide bonds. The number of hydrogen-bond acceptors (Lipinski definition) is 1. The smallest absolute Gasteiger partial charge is 0.0453 e. The maximum absolute atomic E-state index is 6.03. The monoisotopic (exact) mass is 209 g/mol. The van der Waals surface area contributed by atoms with Gasteiger partial charge in [0.05, 0.1) is 0 Å². The van der Waals surface area contributed by atoms with Crippen molar-refractivity contribution in [2.45, 2.75) is 25.8 Å². The molecule has 0 fully saturated rings. The molecule has 1 nitrogen and oxygen atoms in total. The molecule has 1 atom stereocenters. The molecule has 0 saturated carbocycles. The van der Waals surface area contributed by atoms with Crippen molar-refractivity contribution in [1.82, 2.24) is 0 Å². The predicted octanol–water partition coefficient (Wildman–Crippen LogP) is 3.70. The third-order valence-corrected chi connectivity index (χ3v) is 2.53. The molecule has 0 heterocycles. The Labute approximate surface area is 90.6 Å². The summed E-state index contributed by atoms with van der Waals surface area (Å²) >= 11 is 6.03. The van der Waals surface area contributed by atoms with Crippen LogP contribution in [-0.2, 0) is 0 Å². The first kappa shape index (κ1) is 11.3. The van der Waals surface area contributed by atoms with Gasteiger partial charge in [0.25, 0.3) is 0 Å². The maximum Gasteiger partial charge on any atom is 0.0453 e. The summed E-state index contributed by atoms with van der Waals surface area (Å²) in [6.45, 7) is 5.87. The Balaban J connectivity index is 2.65. The molecule has 0 aromatic heterocycles. The van der Waals surface area contributed by atoms with Crippen molar-refractivity contribution >= 4 is 11.6 Å². The molecule has 1 aromatic carbocycles. The minimum absolute atomic E-state index is 0.0143. The van der Waals surface area contributed by atoms with Crippen LogP contribution in [0.5, 0.6) is 0 Å². The van der Waals surface area contributed by atoms with Crippen LogP contribution in [0.1, 0.15) is 31.4 Å². The van der Waals surface area contributed by atoms with Crippen molar-refractivity contribution in [3.63, 3.8) is 0 Å². The van der Waals surface area contributed by atoms with Gasteiger partial charge in [-0.25, -0.2) is 0 Å². The van der Waals surface area contributed by atoms with Gasteiger partial charge in [-0.1, -0.05) is 35.4 Å². The van der Waals surface area contributed by atoms with Crippen LogP contribution in [0, 0.1) is 0 Å². The molecule has 0 aliphatic carbocycles. The van der Waals surface area contributed by atoms with Crippen molar-refractivity contribution < 1.29 is 0 Å². The van der Waals surface area contributed by atoms with E-state index in [0.717, 1.165) is 29.0 Å². The molecule has 14 heavy (non-hydrogen) atoms. The summed E-state index contributed by atoms with van der Waals surface area (Å²) in [7, 11) is 0. The van der Waals surface area contributed by atoms with Crippen LogP contribution in [0.25, 0.3) is 0 Å². The molecule has 2 N–H and O–H groups in total. The molecule has 0 bridgehead atoms. The molecule has 0 saturated heterocycles. The number of hydrogen-bond donors (Lipinski definition) is 1. The molecule has 76 valence electrons. The second kappa shape index (κ2) is 5.18. The fourth-order valence-electron chi connectivity index (χ4n) is 1.33. The van der Waals surface area contributed by atoms with Gasteiger partial charge in [-0.15, -0.1) is 6.58 Å². The summed E-state index contributed by atoms with van der Waals surface area (Å²) in [5.74, 6) is 0. The Hall–Kier alpha value is -0.790. The molecule has 1 unspecified atom stereocenters. The SMILES string of the molecule is C=C(C)CCC(N)c1ccccc1Cl. The minimum atomic E-state index is 0.0143. The van der Waals surface area contributed by atoms with Gasteiger partial charge in [-0.05, 0) is 31.4 Å². The van der Waals surface area contributed by atoms with Gasteiger partial charge in [-0.3, -0.25) is 0 Å². The van der Waals surface area contributed by atoms with Gasteiger partial charge in [0.15, 0.2) is 0 Å². The average Bonchev–Trinajstić information content (AvgIpc) is 2.15. The van der Waals surface area contributed by atoms with E-state index in [4.69, 9.17) is 17.3 Å². The second-order valence-corrected chi connectivity index (χ2v) is 4.03. The molecule has 0 spiro atoms. The minimum Gasteiger partial charge on any atom is -0.324 e. The molecule has 1 rings (SSSR count). The van der Waals surface area contributed by atoms with Crippen molar-refractivity contribution in [3.8, 4) is 0 Å². The van der Waals surface area contributed by atoms with Crippen molar-refractivity contribution in [2.24, 2.45) is 5.73 Å². The highest BCUT2D eigenvalue weighted by atomic mass is 35.5. The van der Waals surface area contributed by atoms with Crippen LogP contribution in [0.15, 0.2) is 36.4 Å². The van der Waals surface area contributed by atoms with Gasteiger partial charge in [0, 0.05) is 11.1 Å². The zero-order valence-corrected chi connectivity index (χ0v) is 9.22. The average molecular weight is 210 g/mol. The lowest BCUT2D eigenvalue weighted by atomic mass is 10.0. The standard InChI is InChI=1S/C12H16ClN/c1-9(2)7-8-12(14)10-5-3-4-6-11(10)13/h3-6,12H,1,7-8,14H2,2H3. The number of allylic oxidation sites excluding steroid dienone is 1. The molecule has 0 radical (unpaired) electrons. The highest BCUT2D eigenvalue weighted by Gasteiger charge is 2.08. The number of nitrogens with two attached hydrogens (primary N) is 1. The summed E-state index contributed by atoms with van der Waals surface area (Å²) in [5.41, 5.74) is 8.20. The van der Waals surface area contributed by atoms with E-state index in [1.165, 1.54) is 0 Å². The molecule has 1 aromatic rings. The lowest BCUT2D eigenvalue weighted by Gasteiger charge is -2.13. The topological polar surface area (TPSA) is 26.0 Å². The molecule has 2 heteroatoms. The summed E-state index contributed by atoms with van der Waals surface area (Å²) in [5, 5.41) is 0.752. The highest BCUT2D eigenvalue weighted by molar-refractivity contribution is 6.31. The summed E-state index contributed by atoms with van der Waals surface area (Å²) in [6, 6.07) is 7.74. The van der Waals surface area contributed by atoms with E-state index in [0.29, 0.717) is 0 Å². The van der Waals surface area contributed by atoms with Gasteiger partial charge >= 0.3 is 0 Å². The van der Waals surface area contributed by atoms with Crippen LogP contribution >= 0.6 is 11.6 Å². The molecular formula is C12H16ClN. The van der Waals surface area contributed by atoms with Gasteiger partial charge in [0.1, 0.15) is 0 Å². The summed E-state index contributed by atoms with van der Waals surface area (Å²) in [6.07, 6.45) is 1.85. The quantitative estimate of drug-likeness (QED) is 0.752. The predicted molar refractivity (Wildman–Crippen MR) is 62.4 cm³/mol. The van der Waals surface area contributed by atoms with E-state index in [9.17, 15) is 0 Å². The van der Waals surface area contributed by atoms with E-state index < -0.39 is 0 Å². The van der Waals surface area contributed by atoms with Crippen molar-refractivity contribution in [2.75, 3.05) is 0 Å². The highest BCUT2D eigenvalue weighted by Crippen LogP contribution is 2.24. The Morgan fingerprint density at radius 3 is 2.71 bits per heavy atom. The summed E-state index contributed by atoms with van der Waals surface area (Å²) < 4.78 is 0. The van der Waals surface area contributed by atoms with E-state index in [2.05, 4.69) is 6.58 Å². The first-order valence-electron chi connectivity index (χ1n) is 4.75. The number of benzene rings is 1. The fourth-order valence-corrected chi connectivity index (χ4v) is 1.61. The largest absolute Gasteiger partial charge is 0.324 e. The fraction of sp³-hybridized carbons (Fsp3) is 0.333. The molecule has 0 aliphatic heterocycles.